The molecule has 5 N–H and O–H groups in total. The van der Waals surface area contributed by atoms with Crippen molar-refractivity contribution in [3.8, 4) is 0 Å². The van der Waals surface area contributed by atoms with Crippen LogP contribution in [-0.2, 0) is 5.75 Å². The van der Waals surface area contributed by atoms with Gasteiger partial charge < -0.3 is 5.73 Å². The van der Waals surface area contributed by atoms with E-state index in [-0.39, 0.29) is 5.82 Å². The second kappa shape index (κ2) is 6.36. The van der Waals surface area contributed by atoms with Crippen molar-refractivity contribution in [1.82, 2.24) is 10.4 Å². The number of hydrogen-bond donors (Lipinski definition) is 3. The molecule has 0 aliphatic carbocycles. The van der Waals surface area contributed by atoms with Crippen molar-refractivity contribution in [2.75, 3.05) is 5.73 Å². The molecule has 0 fully saturated rings. The molecule has 5 nitrogen and oxygen atoms in total. The quantitative estimate of drug-likeness (QED) is 0.262. The van der Waals surface area contributed by atoms with E-state index in [1.165, 1.54) is 30.1 Å². The fraction of sp³-hybridized carbons (Fsp3) is 0.0769. The second-order valence-corrected chi connectivity index (χ2v) is 5.07. The molecule has 20 heavy (non-hydrogen) atoms. The number of pyridine rings is 1. The van der Waals surface area contributed by atoms with Crippen LogP contribution >= 0.6 is 11.8 Å². The molecule has 1 heterocycles. The molecule has 1 aromatic carbocycles. The first kappa shape index (κ1) is 14.3. The molecule has 2 rings (SSSR count). The molecular weight excluding hydrogens is 279 g/mol. The van der Waals surface area contributed by atoms with Crippen molar-refractivity contribution in [3.63, 3.8) is 0 Å². The predicted molar refractivity (Wildman–Crippen MR) is 76.3 cm³/mol. The van der Waals surface area contributed by atoms with E-state index in [2.05, 4.69) is 4.98 Å². The van der Waals surface area contributed by atoms with Crippen LogP contribution in [0.1, 0.15) is 16.1 Å². The van der Waals surface area contributed by atoms with Crippen molar-refractivity contribution in [3.05, 3.63) is 53.6 Å². The third kappa shape index (κ3) is 3.69. The second-order valence-electron chi connectivity index (χ2n) is 4.02. The highest BCUT2D eigenvalue weighted by Gasteiger charge is 2.05. The van der Waals surface area contributed by atoms with E-state index in [1.54, 1.807) is 18.2 Å². The normalized spacial score (nSPS) is 10.3. The van der Waals surface area contributed by atoms with Crippen LogP contribution in [0.5, 0.6) is 0 Å². The maximum Gasteiger partial charge on any atom is 0.266 e. The zero-order valence-electron chi connectivity index (χ0n) is 10.5. The number of carbonyl (C=O) groups excluding carboxylic acids is 1. The Kier molecular flexibility index (Phi) is 4.54. The maximum atomic E-state index is 13.2. The van der Waals surface area contributed by atoms with E-state index in [9.17, 15) is 9.18 Å². The number of benzene rings is 1. The van der Waals surface area contributed by atoms with Crippen molar-refractivity contribution in [2.45, 2.75) is 10.6 Å². The lowest BCUT2D eigenvalue weighted by Crippen LogP contribution is -2.30. The standard InChI is InChI=1S/C13H13FN4OS/c14-9-3-10(15)5-12(4-9)20-7-11-2-1-8(6-17-11)13(19)18-16/h1-6H,7,15-16H2,(H,18,19). The molecule has 0 aliphatic heterocycles. The molecule has 2 aromatic rings. The van der Waals surface area contributed by atoms with Crippen LogP contribution in [0.25, 0.3) is 0 Å². The molecule has 1 amide bonds. The summed E-state index contributed by atoms with van der Waals surface area (Å²) in [5.74, 6) is 4.82. The molecule has 0 atom stereocenters. The summed E-state index contributed by atoms with van der Waals surface area (Å²) in [4.78, 5) is 16.1. The third-order valence-electron chi connectivity index (χ3n) is 2.50. The molecule has 0 saturated heterocycles. The number of nitrogen functional groups attached to an aromatic ring is 2. The van der Waals surface area contributed by atoms with Gasteiger partial charge in [-0.2, -0.15) is 0 Å². The molecule has 0 radical (unpaired) electrons. The summed E-state index contributed by atoms with van der Waals surface area (Å²) in [6, 6.07) is 7.73. The van der Waals surface area contributed by atoms with Gasteiger partial charge in [-0.3, -0.25) is 15.2 Å². The highest BCUT2D eigenvalue weighted by molar-refractivity contribution is 7.98. The molecule has 0 aliphatic rings. The summed E-state index contributed by atoms with van der Waals surface area (Å²) < 4.78 is 13.2. The SMILES string of the molecule is NNC(=O)c1ccc(CSc2cc(N)cc(F)c2)nc1. The molecule has 0 saturated carbocycles. The summed E-state index contributed by atoms with van der Waals surface area (Å²) >= 11 is 1.41. The Bertz CT molecular complexity index is 598. The lowest BCUT2D eigenvalue weighted by Gasteiger charge is -2.04. The lowest BCUT2D eigenvalue weighted by molar-refractivity contribution is 0.0953. The fourth-order valence-electron chi connectivity index (χ4n) is 1.55. The van der Waals surface area contributed by atoms with Gasteiger partial charge in [0.2, 0.25) is 0 Å². The average molecular weight is 292 g/mol. The van der Waals surface area contributed by atoms with Crippen LogP contribution in [0, 0.1) is 5.82 Å². The minimum absolute atomic E-state index is 0.365. The number of nitrogens with one attached hydrogen (secondary N) is 1. The van der Waals surface area contributed by atoms with Gasteiger partial charge in [0.05, 0.1) is 11.3 Å². The van der Waals surface area contributed by atoms with E-state index >= 15 is 0 Å². The van der Waals surface area contributed by atoms with Gasteiger partial charge in [-0.15, -0.1) is 11.8 Å². The van der Waals surface area contributed by atoms with Crippen LogP contribution in [0.3, 0.4) is 0 Å². The Labute approximate surface area is 119 Å². The average Bonchev–Trinajstić information content (AvgIpc) is 2.44. The number of nitrogens with zero attached hydrogens (tertiary/aromatic N) is 1. The van der Waals surface area contributed by atoms with Gasteiger partial charge in [-0.1, -0.05) is 0 Å². The van der Waals surface area contributed by atoms with Gasteiger partial charge >= 0.3 is 0 Å². The van der Waals surface area contributed by atoms with E-state index in [0.29, 0.717) is 17.0 Å². The molecule has 1 aromatic heterocycles. The zero-order chi connectivity index (χ0) is 14.5. The number of anilines is 1. The molecule has 0 unspecified atom stereocenters. The first-order chi connectivity index (χ1) is 9.58. The van der Waals surface area contributed by atoms with Crippen LogP contribution < -0.4 is 17.0 Å². The molecule has 7 heteroatoms. The summed E-state index contributed by atoms with van der Waals surface area (Å²) in [7, 11) is 0. The number of rotatable bonds is 4. The summed E-state index contributed by atoms with van der Waals surface area (Å²) in [5, 5.41) is 0. The summed E-state index contributed by atoms with van der Waals surface area (Å²) in [6.45, 7) is 0. The molecular formula is C13H13FN4OS. The van der Waals surface area contributed by atoms with Crippen LogP contribution in [0.4, 0.5) is 10.1 Å². The fourth-order valence-corrected chi connectivity index (χ4v) is 2.45. The Morgan fingerprint density at radius 1 is 1.35 bits per heavy atom. The topological polar surface area (TPSA) is 94.0 Å². The summed E-state index contributed by atoms with van der Waals surface area (Å²) in [5.41, 5.74) is 9.14. The third-order valence-corrected chi connectivity index (χ3v) is 3.51. The Morgan fingerprint density at radius 2 is 2.15 bits per heavy atom. The first-order valence-electron chi connectivity index (χ1n) is 5.73. The van der Waals surface area contributed by atoms with E-state index in [0.717, 1.165) is 10.6 Å². The number of aromatic nitrogens is 1. The Hall–Kier alpha value is -2.12. The largest absolute Gasteiger partial charge is 0.399 e. The van der Waals surface area contributed by atoms with Crippen LogP contribution in [0.15, 0.2) is 41.4 Å². The number of thioether (sulfide) groups is 1. The van der Waals surface area contributed by atoms with Crippen molar-refractivity contribution >= 4 is 23.4 Å². The van der Waals surface area contributed by atoms with Gasteiger partial charge in [-0.25, -0.2) is 10.2 Å². The van der Waals surface area contributed by atoms with E-state index < -0.39 is 5.91 Å². The number of hydrogen-bond acceptors (Lipinski definition) is 5. The zero-order valence-corrected chi connectivity index (χ0v) is 11.3. The van der Waals surface area contributed by atoms with Gasteiger partial charge in [0.25, 0.3) is 5.91 Å². The van der Waals surface area contributed by atoms with Gasteiger partial charge in [0.1, 0.15) is 5.82 Å². The molecule has 104 valence electrons. The number of carbonyl (C=O) groups is 1. The van der Waals surface area contributed by atoms with Crippen molar-refractivity contribution < 1.29 is 9.18 Å². The first-order valence-corrected chi connectivity index (χ1v) is 6.72. The van der Waals surface area contributed by atoms with Gasteiger partial charge in [-0.05, 0) is 30.3 Å². The molecule has 0 spiro atoms. The highest BCUT2D eigenvalue weighted by atomic mass is 32.2. The lowest BCUT2D eigenvalue weighted by atomic mass is 10.2. The van der Waals surface area contributed by atoms with E-state index in [4.69, 9.17) is 11.6 Å². The smallest absolute Gasteiger partial charge is 0.266 e. The number of nitrogens with two attached hydrogens (primary N) is 2. The van der Waals surface area contributed by atoms with Crippen LogP contribution in [0.2, 0.25) is 0 Å². The monoisotopic (exact) mass is 292 g/mol. The van der Waals surface area contributed by atoms with E-state index in [1.807, 2.05) is 5.43 Å². The minimum Gasteiger partial charge on any atom is -0.399 e. The minimum atomic E-state index is -0.394. The van der Waals surface area contributed by atoms with Gasteiger partial charge in [0.15, 0.2) is 0 Å². The number of amides is 1. The number of halogens is 1. The maximum absolute atomic E-state index is 13.2. The van der Waals surface area contributed by atoms with Crippen LogP contribution in [-0.4, -0.2) is 10.9 Å². The van der Waals surface area contributed by atoms with Crippen molar-refractivity contribution in [1.29, 1.82) is 0 Å². The van der Waals surface area contributed by atoms with Crippen molar-refractivity contribution in [2.24, 2.45) is 5.84 Å². The predicted octanol–water partition coefficient (Wildman–Crippen LogP) is 1.70. The highest BCUT2D eigenvalue weighted by Crippen LogP contribution is 2.25. The Morgan fingerprint density at radius 3 is 2.75 bits per heavy atom. The molecule has 0 bridgehead atoms. The van der Waals surface area contributed by atoms with Gasteiger partial charge in [0, 0.05) is 22.5 Å². The summed E-state index contributed by atoms with van der Waals surface area (Å²) in [6.07, 6.45) is 1.44. The Balaban J connectivity index is 2.02. The number of hydrazine groups is 1.